The Balaban J connectivity index is 3.79. The van der Waals surface area contributed by atoms with Crippen molar-refractivity contribution in [3.05, 3.63) is 0 Å². The molecule has 0 saturated heterocycles. The maximum absolute atomic E-state index is 12.0. The molecular weight excluding hydrogens is 517 g/mol. The Kier molecular flexibility index (Phi) is 32.0. The van der Waals surface area contributed by atoms with Crippen LogP contribution in [-0.4, -0.2) is 42.6 Å². The molecule has 0 rings (SSSR count). The molecule has 0 aliphatic carbocycles. The molecular formula is C34H72NO4P. The topological polar surface area (TPSA) is 59.0 Å². The highest BCUT2D eigenvalue weighted by Gasteiger charge is 2.19. The van der Waals surface area contributed by atoms with Crippen LogP contribution < -0.4 is 0 Å². The van der Waals surface area contributed by atoms with Crippen LogP contribution in [0, 0.1) is 0 Å². The van der Waals surface area contributed by atoms with Crippen molar-refractivity contribution < 1.29 is 18.5 Å². The smallest absolute Gasteiger partial charge is 0.303 e. The van der Waals surface area contributed by atoms with Crippen molar-refractivity contribution in [1.29, 1.82) is 0 Å². The Morgan fingerprint density at radius 1 is 0.425 bits per heavy atom. The van der Waals surface area contributed by atoms with Gasteiger partial charge in [-0.2, -0.15) is 0 Å². The summed E-state index contributed by atoms with van der Waals surface area (Å²) >= 11 is 0. The lowest BCUT2D eigenvalue weighted by atomic mass is 10.1. The van der Waals surface area contributed by atoms with Gasteiger partial charge in [-0.05, 0) is 51.7 Å². The van der Waals surface area contributed by atoms with E-state index in [4.69, 9.17) is 9.05 Å². The van der Waals surface area contributed by atoms with E-state index < -0.39 is 7.82 Å². The zero-order valence-corrected chi connectivity index (χ0v) is 28.4. The van der Waals surface area contributed by atoms with Crippen molar-refractivity contribution in [1.82, 2.24) is 4.90 Å². The monoisotopic (exact) mass is 590 g/mol. The third-order valence-electron chi connectivity index (χ3n) is 8.03. The van der Waals surface area contributed by atoms with Crippen LogP contribution in [0.4, 0.5) is 0 Å². The normalized spacial score (nSPS) is 13.3. The molecule has 0 amide bonds. The molecule has 1 atom stereocenters. The summed E-state index contributed by atoms with van der Waals surface area (Å²) in [5, 5.41) is 0. The van der Waals surface area contributed by atoms with E-state index >= 15 is 0 Å². The molecule has 1 unspecified atom stereocenters. The minimum Gasteiger partial charge on any atom is -0.303 e. The Morgan fingerprint density at radius 3 is 0.975 bits per heavy atom. The van der Waals surface area contributed by atoms with Gasteiger partial charge in [0.25, 0.3) is 0 Å². The second kappa shape index (κ2) is 32.0. The van der Waals surface area contributed by atoms with Gasteiger partial charge in [0.1, 0.15) is 0 Å². The number of hydrogen-bond donors (Lipinski definition) is 1. The largest absolute Gasteiger partial charge is 0.472 e. The van der Waals surface area contributed by atoms with Crippen LogP contribution in [0.3, 0.4) is 0 Å². The number of rotatable bonds is 34. The number of unbranched alkanes of at least 4 members (excludes halogenated alkanes) is 22. The summed E-state index contributed by atoms with van der Waals surface area (Å²) in [6.45, 7) is 11.2. The van der Waals surface area contributed by atoms with E-state index in [1.807, 2.05) is 0 Å². The van der Waals surface area contributed by atoms with Gasteiger partial charge in [-0.15, -0.1) is 0 Å². The molecule has 1 N–H and O–H groups in total. The van der Waals surface area contributed by atoms with Crippen LogP contribution in [0.5, 0.6) is 0 Å². The van der Waals surface area contributed by atoms with E-state index in [0.717, 1.165) is 25.7 Å². The third-order valence-corrected chi connectivity index (χ3v) is 9.05. The fraction of sp³-hybridized carbons (Fsp3) is 1.00. The number of hydrogen-bond acceptors (Lipinski definition) is 4. The van der Waals surface area contributed by atoms with E-state index in [1.54, 1.807) is 0 Å². The Morgan fingerprint density at radius 2 is 0.675 bits per heavy atom. The summed E-state index contributed by atoms with van der Waals surface area (Å²) in [5.74, 6) is 0. The molecule has 6 heteroatoms. The highest BCUT2D eigenvalue weighted by molar-refractivity contribution is 7.47. The third kappa shape index (κ3) is 31.0. The first kappa shape index (κ1) is 40.1. The SMILES string of the molecule is CCCCCCCCCCOP(=O)(O)OCCCCCCCCN(CCCCCCCC)CCCCCCCC. The molecule has 0 fully saturated rings. The minimum atomic E-state index is -3.88. The molecule has 0 aliphatic rings. The van der Waals surface area contributed by atoms with Crippen molar-refractivity contribution >= 4 is 7.82 Å². The molecule has 0 aromatic heterocycles. The van der Waals surface area contributed by atoms with Gasteiger partial charge in [0.15, 0.2) is 0 Å². The molecule has 0 aliphatic heterocycles. The van der Waals surface area contributed by atoms with Crippen LogP contribution in [0.1, 0.15) is 188 Å². The van der Waals surface area contributed by atoms with E-state index in [9.17, 15) is 9.46 Å². The van der Waals surface area contributed by atoms with Gasteiger partial charge in [-0.1, -0.05) is 156 Å². The molecule has 0 radical (unpaired) electrons. The van der Waals surface area contributed by atoms with Crippen LogP contribution >= 0.6 is 7.82 Å². The van der Waals surface area contributed by atoms with Crippen LogP contribution in [-0.2, 0) is 13.6 Å². The van der Waals surface area contributed by atoms with Crippen LogP contribution in [0.2, 0.25) is 0 Å². The molecule has 0 heterocycles. The highest BCUT2D eigenvalue weighted by Crippen LogP contribution is 2.43. The molecule has 0 aromatic rings. The van der Waals surface area contributed by atoms with E-state index in [0.29, 0.717) is 13.2 Å². The van der Waals surface area contributed by atoms with Crippen molar-refractivity contribution in [2.75, 3.05) is 32.8 Å². The molecule has 242 valence electrons. The van der Waals surface area contributed by atoms with Crippen LogP contribution in [0.15, 0.2) is 0 Å². The Labute approximate surface area is 251 Å². The zero-order chi connectivity index (χ0) is 29.4. The first-order valence-corrected chi connectivity index (χ1v) is 19.4. The lowest BCUT2D eigenvalue weighted by Gasteiger charge is -2.22. The highest BCUT2D eigenvalue weighted by atomic mass is 31.2. The zero-order valence-electron chi connectivity index (χ0n) is 27.5. The molecule has 0 aromatic carbocycles. The predicted molar refractivity (Wildman–Crippen MR) is 175 cm³/mol. The second-order valence-corrected chi connectivity index (χ2v) is 13.6. The summed E-state index contributed by atoms with van der Waals surface area (Å²) in [5.41, 5.74) is 0. The first-order chi connectivity index (χ1) is 19.6. The summed E-state index contributed by atoms with van der Waals surface area (Å²) < 4.78 is 22.4. The number of phosphoric ester groups is 1. The van der Waals surface area contributed by atoms with E-state index in [1.165, 1.54) is 161 Å². The number of phosphoric acid groups is 1. The average molecular weight is 590 g/mol. The van der Waals surface area contributed by atoms with Crippen LogP contribution in [0.25, 0.3) is 0 Å². The standard InChI is InChI=1S/C34H72NO4P/c1-4-7-10-13-16-18-23-28-33-38-40(36,37)39-34-29-24-19-17-22-27-32-35(30-25-20-14-11-8-5-2)31-26-21-15-12-9-6-3/h4-34H2,1-3H3,(H,36,37). The van der Waals surface area contributed by atoms with Crippen molar-refractivity contribution in [3.8, 4) is 0 Å². The van der Waals surface area contributed by atoms with Crippen molar-refractivity contribution in [3.63, 3.8) is 0 Å². The lowest BCUT2D eigenvalue weighted by molar-refractivity contribution is 0.145. The van der Waals surface area contributed by atoms with Gasteiger partial charge in [0.2, 0.25) is 0 Å². The summed E-state index contributed by atoms with van der Waals surface area (Å²) in [7, 11) is -3.88. The molecule has 0 bridgehead atoms. The van der Waals surface area contributed by atoms with E-state index in [-0.39, 0.29) is 0 Å². The predicted octanol–water partition coefficient (Wildman–Crippen LogP) is 11.6. The average Bonchev–Trinajstić information content (AvgIpc) is 2.94. The van der Waals surface area contributed by atoms with Gasteiger partial charge in [-0.25, -0.2) is 4.57 Å². The Hall–Kier alpha value is 0.0700. The summed E-state index contributed by atoms with van der Waals surface area (Å²) in [4.78, 5) is 12.6. The fourth-order valence-corrected chi connectivity index (χ4v) is 6.14. The van der Waals surface area contributed by atoms with Crippen molar-refractivity contribution in [2.45, 2.75) is 188 Å². The second-order valence-electron chi connectivity index (χ2n) is 12.1. The fourth-order valence-electron chi connectivity index (χ4n) is 5.34. The van der Waals surface area contributed by atoms with Gasteiger partial charge in [-0.3, -0.25) is 9.05 Å². The Bertz CT molecular complexity index is 518. The lowest BCUT2D eigenvalue weighted by Crippen LogP contribution is -2.27. The molecule has 0 spiro atoms. The van der Waals surface area contributed by atoms with Crippen molar-refractivity contribution in [2.24, 2.45) is 0 Å². The quantitative estimate of drug-likeness (QED) is 0.0597. The first-order valence-electron chi connectivity index (χ1n) is 17.9. The molecule has 40 heavy (non-hydrogen) atoms. The minimum absolute atomic E-state index is 0.315. The summed E-state index contributed by atoms with van der Waals surface area (Å²) in [6, 6.07) is 0. The molecule has 0 saturated carbocycles. The van der Waals surface area contributed by atoms with Gasteiger partial charge < -0.3 is 9.79 Å². The van der Waals surface area contributed by atoms with E-state index in [2.05, 4.69) is 25.7 Å². The molecule has 5 nitrogen and oxygen atoms in total. The maximum Gasteiger partial charge on any atom is 0.472 e. The number of nitrogens with zero attached hydrogens (tertiary/aromatic N) is 1. The summed E-state index contributed by atoms with van der Waals surface area (Å²) in [6.07, 6.45) is 33.0. The van der Waals surface area contributed by atoms with Gasteiger partial charge >= 0.3 is 7.82 Å². The van der Waals surface area contributed by atoms with Gasteiger partial charge in [0.05, 0.1) is 13.2 Å². The van der Waals surface area contributed by atoms with Gasteiger partial charge in [0, 0.05) is 0 Å². The maximum atomic E-state index is 12.0.